The quantitative estimate of drug-likeness (QED) is 0.430. The maximum atomic E-state index is 5.37. The Labute approximate surface area is 65.5 Å². The number of rotatable bonds is 0. The molecule has 0 amide bonds. The van der Waals surface area contributed by atoms with E-state index in [2.05, 4.69) is 0 Å². The fraction of sp³-hybridized carbons (Fsp3) is 0. The second-order valence-electron chi connectivity index (χ2n) is 1.67. The molecule has 0 aromatic heterocycles. The van der Waals surface area contributed by atoms with Gasteiger partial charge >= 0.3 is 18.0 Å². The molecule has 0 spiro atoms. The van der Waals surface area contributed by atoms with Crippen LogP contribution in [0.1, 0.15) is 0 Å². The summed E-state index contributed by atoms with van der Waals surface area (Å²) in [7, 11) is 0. The Kier molecular flexibility index (Phi) is 3.18. The predicted octanol–water partition coefficient (Wildman–Crippen LogP) is -0.333. The topological polar surface area (TPSA) is 52.0 Å². The number of benzene rings is 1. The minimum absolute atomic E-state index is 0. The van der Waals surface area contributed by atoms with Crippen LogP contribution >= 0.6 is 0 Å². The molecule has 0 aliphatic carbocycles. The first-order valence-corrected chi connectivity index (χ1v) is 2.40. The molecule has 0 aliphatic rings. The summed E-state index contributed by atoms with van der Waals surface area (Å²) in [5, 5.41) is 0. The van der Waals surface area contributed by atoms with Gasteiger partial charge in [-0.05, 0) is 24.3 Å². The van der Waals surface area contributed by atoms with Gasteiger partial charge in [0.2, 0.25) is 0 Å². The third-order valence-electron chi connectivity index (χ3n) is 0.936. The van der Waals surface area contributed by atoms with Crippen LogP contribution in [0, 0.1) is 0 Å². The molecule has 0 fully saturated rings. The van der Waals surface area contributed by atoms with Crippen LogP contribution in [0.5, 0.6) is 0 Å². The van der Waals surface area contributed by atoms with Gasteiger partial charge in [-0.2, -0.15) is 0 Å². The van der Waals surface area contributed by atoms with E-state index in [1.54, 1.807) is 24.3 Å². The molecular formula is C6H11AsN2. The number of nitrogens with two attached hydrogens (primary N) is 2. The maximum absolute atomic E-state index is 5.37. The zero-order valence-electron chi connectivity index (χ0n) is 5.17. The molecule has 0 radical (unpaired) electrons. The van der Waals surface area contributed by atoms with Gasteiger partial charge < -0.3 is 11.5 Å². The molecule has 2 nitrogen and oxygen atoms in total. The monoisotopic (exact) mass is 186 g/mol. The Morgan fingerprint density at radius 1 is 0.778 bits per heavy atom. The molecule has 0 heterocycles. The van der Waals surface area contributed by atoms with Crippen LogP contribution in [0.25, 0.3) is 0 Å². The van der Waals surface area contributed by atoms with Gasteiger partial charge in [-0.1, -0.05) is 0 Å². The molecule has 1 unspecified atom stereocenters. The van der Waals surface area contributed by atoms with Crippen molar-refractivity contribution in [3.8, 4) is 0 Å². The van der Waals surface area contributed by atoms with E-state index in [4.69, 9.17) is 11.5 Å². The standard InChI is InChI=1S/C6H8N2.AsH3/c7-5-1-2-6(8)4-3-5;/h1-4H,7-8H2;1H3. The molecule has 1 aromatic rings. The summed E-state index contributed by atoms with van der Waals surface area (Å²) < 4.78 is 0. The van der Waals surface area contributed by atoms with Crippen molar-refractivity contribution >= 4 is 29.3 Å². The molecule has 4 N–H and O–H groups in total. The normalized spacial score (nSPS) is 8.00. The molecule has 9 heavy (non-hydrogen) atoms. The van der Waals surface area contributed by atoms with Crippen molar-refractivity contribution in [3.05, 3.63) is 24.3 Å². The van der Waals surface area contributed by atoms with Crippen LogP contribution in [0.4, 0.5) is 11.4 Å². The second kappa shape index (κ2) is 3.41. The van der Waals surface area contributed by atoms with E-state index >= 15 is 0 Å². The molecule has 0 aliphatic heterocycles. The zero-order chi connectivity index (χ0) is 5.98. The van der Waals surface area contributed by atoms with Gasteiger partial charge in [0.1, 0.15) is 0 Å². The Bertz CT molecular complexity index is 150. The van der Waals surface area contributed by atoms with Crippen LogP contribution in [-0.4, -0.2) is 18.0 Å². The summed E-state index contributed by atoms with van der Waals surface area (Å²) in [6.07, 6.45) is 0. The van der Waals surface area contributed by atoms with Crippen molar-refractivity contribution in [1.29, 1.82) is 0 Å². The van der Waals surface area contributed by atoms with Crippen molar-refractivity contribution in [2.45, 2.75) is 0 Å². The first-order chi connectivity index (χ1) is 3.79. The van der Waals surface area contributed by atoms with Crippen molar-refractivity contribution in [3.63, 3.8) is 0 Å². The van der Waals surface area contributed by atoms with E-state index in [9.17, 15) is 0 Å². The fourth-order valence-corrected chi connectivity index (χ4v) is 0.496. The average molecular weight is 186 g/mol. The first kappa shape index (κ1) is 8.38. The molecule has 0 bridgehead atoms. The Balaban J connectivity index is 0.000000640. The van der Waals surface area contributed by atoms with E-state index in [0.717, 1.165) is 11.4 Å². The van der Waals surface area contributed by atoms with Gasteiger partial charge in [0.25, 0.3) is 0 Å². The third-order valence-corrected chi connectivity index (χ3v) is 0.936. The number of hydrogen-bond acceptors (Lipinski definition) is 2. The van der Waals surface area contributed by atoms with Gasteiger partial charge in [-0.15, -0.1) is 0 Å². The predicted molar refractivity (Wildman–Crippen MR) is 45.2 cm³/mol. The molecule has 1 rings (SSSR count). The van der Waals surface area contributed by atoms with E-state index in [1.807, 2.05) is 0 Å². The number of hydrogen-bond donors (Lipinski definition) is 2. The Morgan fingerprint density at radius 2 is 1.00 bits per heavy atom. The zero-order valence-corrected chi connectivity index (χ0v) is 8.14. The van der Waals surface area contributed by atoms with Crippen molar-refractivity contribution < 1.29 is 0 Å². The van der Waals surface area contributed by atoms with Crippen LogP contribution in [0.3, 0.4) is 0 Å². The van der Waals surface area contributed by atoms with Crippen LogP contribution in [0.15, 0.2) is 24.3 Å². The summed E-state index contributed by atoms with van der Waals surface area (Å²) in [6.45, 7) is 0. The third kappa shape index (κ3) is 2.43. The van der Waals surface area contributed by atoms with Crippen molar-refractivity contribution in [2.75, 3.05) is 11.5 Å². The molecule has 0 saturated heterocycles. The molecular weight excluding hydrogens is 175 g/mol. The average Bonchev–Trinajstić information content (AvgIpc) is 1.77. The summed E-state index contributed by atoms with van der Waals surface area (Å²) in [5.74, 6) is 0. The van der Waals surface area contributed by atoms with Gasteiger partial charge in [0, 0.05) is 11.4 Å². The first-order valence-electron chi connectivity index (χ1n) is 2.40. The van der Waals surface area contributed by atoms with Crippen molar-refractivity contribution in [2.24, 2.45) is 0 Å². The molecule has 1 aromatic carbocycles. The van der Waals surface area contributed by atoms with Gasteiger partial charge in [-0.25, -0.2) is 0 Å². The SMILES string of the molecule is Nc1ccc(N)cc1.[AsH3]. The summed E-state index contributed by atoms with van der Waals surface area (Å²) >= 11 is 0. The number of anilines is 2. The fourth-order valence-electron chi connectivity index (χ4n) is 0.496. The van der Waals surface area contributed by atoms with E-state index in [1.165, 1.54) is 0 Å². The van der Waals surface area contributed by atoms with Crippen LogP contribution < -0.4 is 11.5 Å². The van der Waals surface area contributed by atoms with E-state index in [-0.39, 0.29) is 18.0 Å². The van der Waals surface area contributed by atoms with Gasteiger partial charge in [0.05, 0.1) is 0 Å². The van der Waals surface area contributed by atoms with Gasteiger partial charge in [0.15, 0.2) is 0 Å². The second-order valence-corrected chi connectivity index (χ2v) is 1.67. The minimum atomic E-state index is 0. The van der Waals surface area contributed by atoms with Gasteiger partial charge in [-0.3, -0.25) is 0 Å². The Hall–Kier alpha value is -0.622. The summed E-state index contributed by atoms with van der Waals surface area (Å²) in [4.78, 5) is 0. The van der Waals surface area contributed by atoms with E-state index in [0.29, 0.717) is 0 Å². The molecule has 3 heteroatoms. The van der Waals surface area contributed by atoms with Crippen LogP contribution in [-0.2, 0) is 0 Å². The van der Waals surface area contributed by atoms with Crippen LogP contribution in [0.2, 0.25) is 0 Å². The summed E-state index contributed by atoms with van der Waals surface area (Å²) in [6, 6.07) is 7.09. The Morgan fingerprint density at radius 3 is 1.22 bits per heavy atom. The summed E-state index contributed by atoms with van der Waals surface area (Å²) in [5.41, 5.74) is 12.2. The van der Waals surface area contributed by atoms with Crippen molar-refractivity contribution in [1.82, 2.24) is 0 Å². The molecule has 1 atom stereocenters. The van der Waals surface area contributed by atoms with E-state index < -0.39 is 0 Å². The molecule has 50 valence electrons. The number of nitrogen functional groups attached to an aromatic ring is 2. The molecule has 0 saturated carbocycles.